The molecular weight excluding hydrogens is 410 g/mol. The van der Waals surface area contributed by atoms with Gasteiger partial charge in [0.05, 0.1) is 21.1 Å². The number of hydrogen-bond donors (Lipinski definition) is 2. The Hall–Kier alpha value is -3.66. The lowest BCUT2D eigenvalue weighted by molar-refractivity contribution is -0.385. The zero-order chi connectivity index (χ0) is 21.9. The highest BCUT2D eigenvalue weighted by atomic mass is 32.2. The number of carbonyl (C=O) groups excluding carboxylic acids is 1. The van der Waals surface area contributed by atoms with E-state index in [0.717, 1.165) is 17.4 Å². The molecule has 0 saturated carbocycles. The van der Waals surface area contributed by atoms with Gasteiger partial charge in [0.2, 0.25) is 0 Å². The van der Waals surface area contributed by atoms with Crippen LogP contribution in [0, 0.1) is 24.0 Å². The molecule has 1 aromatic heterocycles. The Morgan fingerprint density at radius 2 is 1.83 bits per heavy atom. The van der Waals surface area contributed by atoms with Crippen molar-refractivity contribution in [1.29, 1.82) is 0 Å². The van der Waals surface area contributed by atoms with E-state index in [4.69, 9.17) is 4.42 Å². The van der Waals surface area contributed by atoms with E-state index in [1.54, 1.807) is 26.0 Å². The summed E-state index contributed by atoms with van der Waals surface area (Å²) in [6.45, 7) is 3.81. The normalized spacial score (nSPS) is 11.1. The fourth-order valence-corrected chi connectivity index (χ4v) is 3.99. The maximum atomic E-state index is 12.7. The van der Waals surface area contributed by atoms with Gasteiger partial charge in [0.25, 0.3) is 21.6 Å². The van der Waals surface area contributed by atoms with Crippen molar-refractivity contribution in [3.8, 4) is 0 Å². The highest BCUT2D eigenvalue weighted by Gasteiger charge is 2.21. The Morgan fingerprint density at radius 1 is 1.10 bits per heavy atom. The molecule has 0 spiro atoms. The second-order valence-electron chi connectivity index (χ2n) is 6.53. The molecule has 156 valence electrons. The van der Waals surface area contributed by atoms with E-state index in [2.05, 4.69) is 10.0 Å². The SMILES string of the molecule is Cc1cc(CNC(=O)c2ccccc2NS(=O)(=O)c2cccc([N+](=O)[O-])c2)c(C)o1. The third kappa shape index (κ3) is 4.66. The molecule has 2 aromatic carbocycles. The van der Waals surface area contributed by atoms with Crippen molar-refractivity contribution in [1.82, 2.24) is 5.32 Å². The average molecular weight is 429 g/mol. The van der Waals surface area contributed by atoms with Gasteiger partial charge in [-0.2, -0.15) is 0 Å². The number of anilines is 1. The van der Waals surface area contributed by atoms with Crippen LogP contribution in [0.2, 0.25) is 0 Å². The van der Waals surface area contributed by atoms with Crippen molar-refractivity contribution in [2.75, 3.05) is 4.72 Å². The lowest BCUT2D eigenvalue weighted by Crippen LogP contribution is -2.25. The number of rotatable bonds is 7. The third-order valence-corrected chi connectivity index (χ3v) is 5.70. The van der Waals surface area contributed by atoms with Crippen LogP contribution in [0.15, 0.2) is 63.9 Å². The zero-order valence-electron chi connectivity index (χ0n) is 16.2. The molecule has 3 rings (SSSR count). The lowest BCUT2D eigenvalue weighted by atomic mass is 10.1. The molecule has 1 heterocycles. The molecule has 2 N–H and O–H groups in total. The molecular formula is C20H19N3O6S. The van der Waals surface area contributed by atoms with Gasteiger partial charge in [-0.05, 0) is 38.1 Å². The van der Waals surface area contributed by atoms with Crippen LogP contribution in [0.4, 0.5) is 11.4 Å². The summed E-state index contributed by atoms with van der Waals surface area (Å²) < 4.78 is 33.2. The predicted molar refractivity (Wildman–Crippen MR) is 110 cm³/mol. The van der Waals surface area contributed by atoms with Crippen molar-refractivity contribution < 1.29 is 22.6 Å². The number of sulfonamides is 1. The summed E-state index contributed by atoms with van der Waals surface area (Å²) in [6, 6.07) is 12.6. The number of carbonyl (C=O) groups is 1. The van der Waals surface area contributed by atoms with Crippen LogP contribution in [0.5, 0.6) is 0 Å². The van der Waals surface area contributed by atoms with Crippen molar-refractivity contribution in [2.45, 2.75) is 25.3 Å². The number of para-hydroxylation sites is 1. The first kappa shape index (κ1) is 21.1. The van der Waals surface area contributed by atoms with E-state index in [9.17, 15) is 23.3 Å². The summed E-state index contributed by atoms with van der Waals surface area (Å²) in [5.41, 5.74) is 0.635. The van der Waals surface area contributed by atoms with Gasteiger partial charge in [-0.15, -0.1) is 0 Å². The van der Waals surface area contributed by atoms with Crippen LogP contribution in [-0.2, 0) is 16.6 Å². The van der Waals surface area contributed by atoms with Crippen LogP contribution >= 0.6 is 0 Å². The summed E-state index contributed by atoms with van der Waals surface area (Å²) in [6.07, 6.45) is 0. The van der Waals surface area contributed by atoms with Crippen molar-refractivity contribution >= 4 is 27.3 Å². The number of nitro benzene ring substituents is 1. The van der Waals surface area contributed by atoms with Crippen LogP contribution in [0.25, 0.3) is 0 Å². The molecule has 0 bridgehead atoms. The molecule has 0 fully saturated rings. The highest BCUT2D eigenvalue weighted by Crippen LogP contribution is 2.23. The summed E-state index contributed by atoms with van der Waals surface area (Å²) >= 11 is 0. The summed E-state index contributed by atoms with van der Waals surface area (Å²) in [7, 11) is -4.15. The average Bonchev–Trinajstić information content (AvgIpc) is 3.03. The van der Waals surface area contributed by atoms with E-state index < -0.39 is 20.9 Å². The van der Waals surface area contributed by atoms with Gasteiger partial charge in [-0.1, -0.05) is 18.2 Å². The van der Waals surface area contributed by atoms with Crippen molar-refractivity contribution in [2.24, 2.45) is 0 Å². The standard InChI is InChI=1S/C20H19N3O6S/c1-13-10-15(14(2)29-13)12-21-20(24)18-8-3-4-9-19(18)22-30(27,28)17-7-5-6-16(11-17)23(25)26/h3-11,22H,12H2,1-2H3,(H,21,24). The monoisotopic (exact) mass is 429 g/mol. The van der Waals surface area contributed by atoms with Gasteiger partial charge < -0.3 is 9.73 Å². The second kappa shape index (κ2) is 8.37. The maximum Gasteiger partial charge on any atom is 0.270 e. The fourth-order valence-electron chi connectivity index (χ4n) is 2.87. The number of furan rings is 1. The van der Waals surface area contributed by atoms with Crippen molar-refractivity contribution in [3.63, 3.8) is 0 Å². The second-order valence-corrected chi connectivity index (χ2v) is 8.21. The zero-order valence-corrected chi connectivity index (χ0v) is 17.0. The molecule has 1 amide bonds. The van der Waals surface area contributed by atoms with Gasteiger partial charge in [-0.25, -0.2) is 8.42 Å². The predicted octanol–water partition coefficient (Wildman–Crippen LogP) is 3.54. The minimum atomic E-state index is -4.15. The van der Waals surface area contributed by atoms with Gasteiger partial charge in [-0.3, -0.25) is 19.6 Å². The summed E-state index contributed by atoms with van der Waals surface area (Å²) in [4.78, 5) is 22.6. The van der Waals surface area contributed by atoms with Crippen LogP contribution in [-0.4, -0.2) is 19.2 Å². The lowest BCUT2D eigenvalue weighted by Gasteiger charge is -2.13. The first-order chi connectivity index (χ1) is 14.2. The van der Waals surface area contributed by atoms with Crippen LogP contribution in [0.1, 0.15) is 27.4 Å². The number of nitrogens with zero attached hydrogens (tertiary/aromatic N) is 1. The van der Waals surface area contributed by atoms with Gasteiger partial charge in [0.15, 0.2) is 0 Å². The number of non-ortho nitro benzene ring substituents is 1. The summed E-state index contributed by atoms with van der Waals surface area (Å²) in [5, 5.41) is 13.7. The van der Waals surface area contributed by atoms with E-state index >= 15 is 0 Å². The van der Waals surface area contributed by atoms with E-state index in [1.807, 2.05) is 6.07 Å². The van der Waals surface area contributed by atoms with E-state index in [-0.39, 0.29) is 28.4 Å². The Balaban J connectivity index is 1.82. The number of benzene rings is 2. The first-order valence-corrected chi connectivity index (χ1v) is 10.4. The molecule has 0 saturated heterocycles. The molecule has 30 heavy (non-hydrogen) atoms. The molecule has 10 heteroatoms. The Morgan fingerprint density at radius 3 is 2.50 bits per heavy atom. The van der Waals surface area contributed by atoms with E-state index in [0.29, 0.717) is 5.76 Å². The molecule has 3 aromatic rings. The van der Waals surface area contributed by atoms with Crippen LogP contribution < -0.4 is 10.0 Å². The molecule has 9 nitrogen and oxygen atoms in total. The fraction of sp³-hybridized carbons (Fsp3) is 0.150. The topological polar surface area (TPSA) is 132 Å². The van der Waals surface area contributed by atoms with Crippen LogP contribution in [0.3, 0.4) is 0 Å². The molecule has 0 aliphatic heterocycles. The van der Waals surface area contributed by atoms with E-state index in [1.165, 1.54) is 30.3 Å². The number of amides is 1. The largest absolute Gasteiger partial charge is 0.466 e. The van der Waals surface area contributed by atoms with Crippen molar-refractivity contribution in [3.05, 3.63) is 87.4 Å². The molecule has 0 aliphatic rings. The number of nitro groups is 1. The summed E-state index contributed by atoms with van der Waals surface area (Å²) in [5.74, 6) is 0.930. The Labute approximate surface area is 172 Å². The third-order valence-electron chi connectivity index (χ3n) is 4.34. The molecule has 0 radical (unpaired) electrons. The first-order valence-electron chi connectivity index (χ1n) is 8.88. The number of nitrogens with one attached hydrogen (secondary N) is 2. The van der Waals surface area contributed by atoms with Gasteiger partial charge in [0.1, 0.15) is 11.5 Å². The molecule has 0 aliphatic carbocycles. The van der Waals surface area contributed by atoms with Gasteiger partial charge >= 0.3 is 0 Å². The number of hydrogen-bond acceptors (Lipinski definition) is 6. The number of aryl methyl sites for hydroxylation is 2. The Bertz CT molecular complexity index is 1220. The quantitative estimate of drug-likeness (QED) is 0.436. The minimum Gasteiger partial charge on any atom is -0.466 e. The maximum absolute atomic E-state index is 12.7. The minimum absolute atomic E-state index is 0.0570. The molecule has 0 unspecified atom stereocenters. The smallest absolute Gasteiger partial charge is 0.270 e. The Kier molecular flexibility index (Phi) is 5.88. The molecule has 0 atom stereocenters. The van der Waals surface area contributed by atoms with Gasteiger partial charge in [0, 0.05) is 24.2 Å². The highest BCUT2D eigenvalue weighted by molar-refractivity contribution is 7.92.